The van der Waals surface area contributed by atoms with Crippen molar-refractivity contribution in [1.29, 1.82) is 0 Å². The first kappa shape index (κ1) is 29.6. The average molecular weight is 576 g/mol. The molecule has 1 aliphatic heterocycles. The number of ether oxygens (including phenoxy) is 2. The molecule has 0 atom stereocenters. The topological polar surface area (TPSA) is 61.4 Å². The second-order valence-electron chi connectivity index (χ2n) is 9.02. The highest BCUT2D eigenvalue weighted by Crippen LogP contribution is 2.30. The SMILES string of the molecule is CCNC(=NCCCN(C(C)C)C(C)C)NC1CCN(c2cc(OC)cc(OC)c2)CC1.I. The van der Waals surface area contributed by atoms with Crippen molar-refractivity contribution in [3.05, 3.63) is 18.2 Å². The highest BCUT2D eigenvalue weighted by atomic mass is 127. The van der Waals surface area contributed by atoms with Crippen molar-refractivity contribution in [1.82, 2.24) is 15.5 Å². The summed E-state index contributed by atoms with van der Waals surface area (Å²) in [6, 6.07) is 7.65. The molecule has 0 aliphatic carbocycles. The molecule has 7 nitrogen and oxygen atoms in total. The van der Waals surface area contributed by atoms with E-state index in [1.807, 2.05) is 6.07 Å². The van der Waals surface area contributed by atoms with E-state index in [4.69, 9.17) is 14.5 Å². The summed E-state index contributed by atoms with van der Waals surface area (Å²) in [6.07, 6.45) is 3.21. The van der Waals surface area contributed by atoms with Crippen LogP contribution in [-0.2, 0) is 0 Å². The van der Waals surface area contributed by atoms with E-state index in [1.165, 1.54) is 0 Å². The minimum Gasteiger partial charge on any atom is -0.497 e. The van der Waals surface area contributed by atoms with E-state index in [2.05, 4.69) is 67.2 Å². The van der Waals surface area contributed by atoms with Crippen molar-refractivity contribution < 1.29 is 9.47 Å². The van der Waals surface area contributed by atoms with Crippen LogP contribution in [0.5, 0.6) is 11.5 Å². The van der Waals surface area contributed by atoms with Gasteiger partial charge in [-0.25, -0.2) is 0 Å². The van der Waals surface area contributed by atoms with Gasteiger partial charge in [0.15, 0.2) is 5.96 Å². The monoisotopic (exact) mass is 575 g/mol. The van der Waals surface area contributed by atoms with Gasteiger partial charge >= 0.3 is 0 Å². The molecule has 0 amide bonds. The van der Waals surface area contributed by atoms with Gasteiger partial charge in [0, 0.05) is 74.7 Å². The largest absolute Gasteiger partial charge is 0.497 e. The van der Waals surface area contributed by atoms with Crippen LogP contribution < -0.4 is 25.0 Å². The molecule has 2 N–H and O–H groups in total. The van der Waals surface area contributed by atoms with Crippen molar-refractivity contribution in [3.63, 3.8) is 0 Å². The third kappa shape index (κ3) is 9.76. The number of aliphatic imine (C=N–C) groups is 1. The predicted octanol–water partition coefficient (Wildman–Crippen LogP) is 4.35. The van der Waals surface area contributed by atoms with Gasteiger partial charge in [-0.15, -0.1) is 24.0 Å². The molecule has 0 radical (unpaired) electrons. The molecule has 1 aliphatic rings. The Hall–Kier alpha value is -1.42. The van der Waals surface area contributed by atoms with Gasteiger partial charge in [0.25, 0.3) is 0 Å². The molecule has 33 heavy (non-hydrogen) atoms. The standard InChI is InChI=1S/C25H45N5O2.HI/c1-8-26-25(27-12-9-13-30(19(2)3)20(4)5)28-21-10-14-29(15-11-21)22-16-23(31-6)18-24(17-22)32-7;/h16-21H,8-15H2,1-7H3,(H2,26,27,28);1H. The van der Waals surface area contributed by atoms with Crippen LogP contribution in [-0.4, -0.2) is 75.9 Å². The van der Waals surface area contributed by atoms with Crippen molar-refractivity contribution in [2.24, 2.45) is 4.99 Å². The molecule has 0 spiro atoms. The molecular formula is C25H46IN5O2. The smallest absolute Gasteiger partial charge is 0.191 e. The summed E-state index contributed by atoms with van der Waals surface area (Å²) in [5, 5.41) is 7.07. The van der Waals surface area contributed by atoms with Gasteiger partial charge in [0.05, 0.1) is 14.2 Å². The van der Waals surface area contributed by atoms with E-state index in [-0.39, 0.29) is 24.0 Å². The van der Waals surface area contributed by atoms with E-state index in [1.54, 1.807) is 14.2 Å². The van der Waals surface area contributed by atoms with Crippen LogP contribution in [0, 0.1) is 0 Å². The van der Waals surface area contributed by atoms with Crippen molar-refractivity contribution >= 4 is 35.6 Å². The lowest BCUT2D eigenvalue weighted by atomic mass is 10.0. The number of hydrogen-bond acceptors (Lipinski definition) is 5. The second kappa shape index (κ2) is 15.5. The molecule has 0 saturated carbocycles. The quantitative estimate of drug-likeness (QED) is 0.177. The first-order chi connectivity index (χ1) is 15.4. The number of guanidine groups is 1. The number of piperidine rings is 1. The molecular weight excluding hydrogens is 529 g/mol. The predicted molar refractivity (Wildman–Crippen MR) is 151 cm³/mol. The number of rotatable bonds is 11. The van der Waals surface area contributed by atoms with E-state index in [9.17, 15) is 0 Å². The molecule has 8 heteroatoms. The van der Waals surface area contributed by atoms with Gasteiger partial charge in [0.2, 0.25) is 0 Å². The fourth-order valence-corrected chi connectivity index (χ4v) is 4.33. The second-order valence-corrected chi connectivity index (χ2v) is 9.02. The molecule has 1 saturated heterocycles. The number of methoxy groups -OCH3 is 2. The molecule has 1 fully saturated rings. The Labute approximate surface area is 218 Å². The number of halogens is 1. The first-order valence-corrected chi connectivity index (χ1v) is 12.2. The van der Waals surface area contributed by atoms with Gasteiger partial charge in [0.1, 0.15) is 11.5 Å². The fraction of sp³-hybridized carbons (Fsp3) is 0.720. The zero-order valence-electron chi connectivity index (χ0n) is 21.7. The summed E-state index contributed by atoms with van der Waals surface area (Å²) in [4.78, 5) is 9.77. The van der Waals surface area contributed by atoms with Gasteiger partial charge < -0.3 is 25.0 Å². The maximum Gasteiger partial charge on any atom is 0.191 e. The number of anilines is 1. The van der Waals surface area contributed by atoms with Crippen LogP contribution in [0.25, 0.3) is 0 Å². The lowest BCUT2D eigenvalue weighted by molar-refractivity contribution is 0.174. The maximum atomic E-state index is 5.43. The maximum absolute atomic E-state index is 5.43. The summed E-state index contributed by atoms with van der Waals surface area (Å²) in [6.45, 7) is 16.0. The van der Waals surface area contributed by atoms with Crippen LogP contribution in [0.4, 0.5) is 5.69 Å². The Morgan fingerprint density at radius 3 is 2.12 bits per heavy atom. The molecule has 1 heterocycles. The molecule has 1 aromatic carbocycles. The molecule has 190 valence electrons. The summed E-state index contributed by atoms with van der Waals surface area (Å²) < 4.78 is 10.9. The summed E-state index contributed by atoms with van der Waals surface area (Å²) in [5.41, 5.74) is 1.15. The van der Waals surface area contributed by atoms with E-state index >= 15 is 0 Å². The summed E-state index contributed by atoms with van der Waals surface area (Å²) >= 11 is 0. The lowest BCUT2D eigenvalue weighted by Gasteiger charge is -2.35. The van der Waals surface area contributed by atoms with Gasteiger partial charge in [-0.1, -0.05) is 0 Å². The van der Waals surface area contributed by atoms with Crippen LogP contribution in [0.1, 0.15) is 53.9 Å². The Morgan fingerprint density at radius 2 is 1.64 bits per heavy atom. The molecule has 2 rings (SSSR count). The van der Waals surface area contributed by atoms with Crippen LogP contribution in [0.3, 0.4) is 0 Å². The first-order valence-electron chi connectivity index (χ1n) is 12.2. The molecule has 0 aromatic heterocycles. The van der Waals surface area contributed by atoms with Gasteiger partial charge in [-0.3, -0.25) is 9.89 Å². The van der Waals surface area contributed by atoms with Crippen LogP contribution in [0.2, 0.25) is 0 Å². The van der Waals surface area contributed by atoms with Crippen LogP contribution in [0.15, 0.2) is 23.2 Å². The third-order valence-electron chi connectivity index (χ3n) is 6.05. The number of hydrogen-bond donors (Lipinski definition) is 2. The zero-order valence-corrected chi connectivity index (χ0v) is 24.0. The molecule has 0 bridgehead atoms. The highest BCUT2D eigenvalue weighted by Gasteiger charge is 2.21. The van der Waals surface area contributed by atoms with Crippen molar-refractivity contribution in [2.45, 2.75) is 72.0 Å². The van der Waals surface area contributed by atoms with E-state index < -0.39 is 0 Å². The average Bonchev–Trinajstić information content (AvgIpc) is 2.78. The summed E-state index contributed by atoms with van der Waals surface area (Å²) in [5.74, 6) is 2.60. The normalized spacial score (nSPS) is 15.1. The van der Waals surface area contributed by atoms with Gasteiger partial charge in [-0.05, 0) is 53.9 Å². The number of benzene rings is 1. The van der Waals surface area contributed by atoms with Crippen LogP contribution >= 0.6 is 24.0 Å². The Morgan fingerprint density at radius 1 is 1.06 bits per heavy atom. The molecule has 1 aromatic rings. The van der Waals surface area contributed by atoms with E-state index in [0.717, 1.165) is 75.1 Å². The van der Waals surface area contributed by atoms with Gasteiger partial charge in [-0.2, -0.15) is 0 Å². The van der Waals surface area contributed by atoms with Crippen molar-refractivity contribution in [3.8, 4) is 11.5 Å². The Balaban J connectivity index is 0.00000544. The Kier molecular flexibility index (Phi) is 13.9. The summed E-state index contributed by atoms with van der Waals surface area (Å²) in [7, 11) is 3.39. The van der Waals surface area contributed by atoms with Crippen molar-refractivity contribution in [2.75, 3.05) is 51.8 Å². The van der Waals surface area contributed by atoms with E-state index in [0.29, 0.717) is 18.1 Å². The molecule has 0 unspecified atom stereocenters. The third-order valence-corrected chi connectivity index (χ3v) is 6.05. The minimum absolute atomic E-state index is 0. The zero-order chi connectivity index (χ0) is 23.5. The fourth-order valence-electron chi connectivity index (χ4n) is 4.33. The minimum atomic E-state index is 0. The highest BCUT2D eigenvalue weighted by molar-refractivity contribution is 14.0. The number of nitrogens with zero attached hydrogens (tertiary/aromatic N) is 3. The number of nitrogens with one attached hydrogen (secondary N) is 2. The lowest BCUT2D eigenvalue weighted by Crippen LogP contribution is -2.48. The Bertz CT molecular complexity index is 676.